The molecule has 2 saturated heterocycles. The first kappa shape index (κ1) is 12.7. The summed E-state index contributed by atoms with van der Waals surface area (Å²) in [6.07, 6.45) is 2.60. The summed E-state index contributed by atoms with van der Waals surface area (Å²) >= 11 is 1.92. The van der Waals surface area contributed by atoms with E-state index in [-0.39, 0.29) is 17.9 Å². The van der Waals surface area contributed by atoms with Gasteiger partial charge in [-0.3, -0.25) is 9.59 Å². The van der Waals surface area contributed by atoms with Crippen LogP contribution >= 0.6 is 11.8 Å². The average molecular weight is 257 g/mol. The topological polar surface area (TPSA) is 46.6 Å². The second-order valence-electron chi connectivity index (χ2n) is 4.58. The molecule has 5 heteroatoms. The fourth-order valence-electron chi connectivity index (χ4n) is 2.80. The Balaban J connectivity index is 1.90. The van der Waals surface area contributed by atoms with Crippen LogP contribution in [-0.2, 0) is 14.3 Å². The van der Waals surface area contributed by atoms with Gasteiger partial charge >= 0.3 is 5.97 Å². The van der Waals surface area contributed by atoms with Gasteiger partial charge in [-0.25, -0.2) is 0 Å². The van der Waals surface area contributed by atoms with Crippen molar-refractivity contribution in [3.63, 3.8) is 0 Å². The Bertz CT molecular complexity index is 321. The molecule has 3 atom stereocenters. The number of hydrogen-bond donors (Lipinski definition) is 0. The summed E-state index contributed by atoms with van der Waals surface area (Å²) < 4.78 is 4.99. The molecular formula is C12H19NO3S. The van der Waals surface area contributed by atoms with Gasteiger partial charge in [-0.15, -0.1) is 0 Å². The lowest BCUT2D eigenvalue weighted by Gasteiger charge is -2.39. The lowest BCUT2D eigenvalue weighted by molar-refractivity contribution is -0.146. The molecule has 0 spiro atoms. The fourth-order valence-corrected chi connectivity index (χ4v) is 4.07. The van der Waals surface area contributed by atoms with Crippen molar-refractivity contribution in [1.82, 2.24) is 4.90 Å². The molecule has 0 N–H and O–H groups in total. The highest BCUT2D eigenvalue weighted by molar-refractivity contribution is 7.99. The zero-order valence-corrected chi connectivity index (χ0v) is 11.2. The first-order chi connectivity index (χ1) is 8.13. The summed E-state index contributed by atoms with van der Waals surface area (Å²) in [5, 5.41) is 0.520. The number of thioether (sulfide) groups is 1. The average Bonchev–Trinajstić information content (AvgIpc) is 2.51. The lowest BCUT2D eigenvalue weighted by Crippen LogP contribution is -2.53. The lowest BCUT2D eigenvalue weighted by atomic mass is 10.0. The summed E-state index contributed by atoms with van der Waals surface area (Å²) in [4.78, 5) is 24.3. The van der Waals surface area contributed by atoms with Crippen LogP contribution < -0.4 is 0 Å². The highest BCUT2D eigenvalue weighted by Gasteiger charge is 2.50. The van der Waals surface area contributed by atoms with Crippen molar-refractivity contribution in [3.8, 4) is 0 Å². The Kier molecular flexibility index (Phi) is 3.97. The van der Waals surface area contributed by atoms with E-state index in [4.69, 9.17) is 4.74 Å². The van der Waals surface area contributed by atoms with Crippen LogP contribution in [0.4, 0.5) is 0 Å². The van der Waals surface area contributed by atoms with Crippen molar-refractivity contribution in [2.45, 2.75) is 50.4 Å². The smallest absolute Gasteiger partial charge is 0.302 e. The van der Waals surface area contributed by atoms with Crippen LogP contribution in [0.25, 0.3) is 0 Å². The van der Waals surface area contributed by atoms with Gasteiger partial charge in [0.15, 0.2) is 0 Å². The molecule has 0 radical (unpaired) electrons. The molecule has 96 valence electrons. The van der Waals surface area contributed by atoms with Gasteiger partial charge in [0.1, 0.15) is 0 Å². The third-order valence-corrected chi connectivity index (χ3v) is 4.75. The number of hydrogen-bond acceptors (Lipinski definition) is 4. The molecule has 17 heavy (non-hydrogen) atoms. The van der Waals surface area contributed by atoms with E-state index >= 15 is 0 Å². The Labute approximate surface area is 106 Å². The van der Waals surface area contributed by atoms with Gasteiger partial charge in [-0.2, -0.15) is 11.8 Å². The maximum absolute atomic E-state index is 11.6. The molecule has 2 aliphatic rings. The zero-order valence-electron chi connectivity index (χ0n) is 10.3. The Morgan fingerprint density at radius 2 is 2.35 bits per heavy atom. The molecule has 2 aliphatic heterocycles. The SMILES string of the molecule is CCSC1CC2CC(=O)N2C1CCOC(C)=O. The van der Waals surface area contributed by atoms with Crippen LogP contribution in [0.2, 0.25) is 0 Å². The zero-order chi connectivity index (χ0) is 12.4. The molecule has 2 heterocycles. The number of esters is 1. The number of rotatable bonds is 5. The Morgan fingerprint density at radius 3 is 2.94 bits per heavy atom. The van der Waals surface area contributed by atoms with Gasteiger partial charge in [-0.05, 0) is 12.2 Å². The van der Waals surface area contributed by atoms with E-state index in [1.807, 2.05) is 16.7 Å². The minimum Gasteiger partial charge on any atom is -0.466 e. The van der Waals surface area contributed by atoms with Crippen LogP contribution in [0, 0.1) is 0 Å². The van der Waals surface area contributed by atoms with Gasteiger partial charge in [0.05, 0.1) is 6.61 Å². The number of carbonyl (C=O) groups is 2. The first-order valence-electron chi connectivity index (χ1n) is 6.19. The van der Waals surface area contributed by atoms with E-state index in [0.717, 1.165) is 18.6 Å². The second-order valence-corrected chi connectivity index (χ2v) is 6.10. The molecule has 4 nitrogen and oxygen atoms in total. The molecule has 0 aromatic rings. The number of nitrogens with zero attached hydrogens (tertiary/aromatic N) is 1. The number of carbonyl (C=O) groups excluding carboxylic acids is 2. The molecule has 0 bridgehead atoms. The summed E-state index contributed by atoms with van der Waals surface area (Å²) in [6.45, 7) is 3.99. The molecule has 2 rings (SSSR count). The van der Waals surface area contributed by atoms with E-state index in [1.54, 1.807) is 0 Å². The predicted molar refractivity (Wildman–Crippen MR) is 66.8 cm³/mol. The van der Waals surface area contributed by atoms with Crippen molar-refractivity contribution < 1.29 is 14.3 Å². The van der Waals surface area contributed by atoms with Gasteiger partial charge in [0.25, 0.3) is 0 Å². The number of ether oxygens (including phenoxy) is 1. The van der Waals surface area contributed by atoms with Gasteiger partial charge in [0.2, 0.25) is 5.91 Å². The minimum absolute atomic E-state index is 0.242. The number of fused-ring (bicyclic) bond motifs is 1. The van der Waals surface area contributed by atoms with Gasteiger partial charge in [0, 0.05) is 37.1 Å². The maximum Gasteiger partial charge on any atom is 0.302 e. The number of amides is 1. The third-order valence-electron chi connectivity index (χ3n) is 3.48. The minimum atomic E-state index is -0.242. The molecule has 2 fully saturated rings. The van der Waals surface area contributed by atoms with Gasteiger partial charge in [-0.1, -0.05) is 6.92 Å². The molecular weight excluding hydrogens is 238 g/mol. The number of β-lactam (4-membered cyclic amide) rings is 1. The van der Waals surface area contributed by atoms with Crippen LogP contribution in [0.5, 0.6) is 0 Å². The van der Waals surface area contributed by atoms with E-state index in [9.17, 15) is 9.59 Å². The van der Waals surface area contributed by atoms with E-state index < -0.39 is 0 Å². The monoisotopic (exact) mass is 257 g/mol. The van der Waals surface area contributed by atoms with Crippen LogP contribution in [0.15, 0.2) is 0 Å². The van der Waals surface area contributed by atoms with Crippen LogP contribution in [0.3, 0.4) is 0 Å². The summed E-state index contributed by atoms with van der Waals surface area (Å²) in [5.74, 6) is 1.10. The molecule has 3 unspecified atom stereocenters. The van der Waals surface area contributed by atoms with Crippen molar-refractivity contribution in [2.24, 2.45) is 0 Å². The normalized spacial score (nSPS) is 31.1. The van der Waals surface area contributed by atoms with Crippen molar-refractivity contribution in [3.05, 3.63) is 0 Å². The van der Waals surface area contributed by atoms with E-state index in [1.165, 1.54) is 6.92 Å². The standard InChI is InChI=1S/C12H19NO3S/c1-3-17-11-6-9-7-12(15)13(9)10(11)4-5-16-8(2)14/h9-11H,3-7H2,1-2H3. The van der Waals surface area contributed by atoms with Crippen LogP contribution in [-0.4, -0.2) is 46.5 Å². The second kappa shape index (κ2) is 5.29. The molecule has 1 amide bonds. The molecule has 0 aromatic heterocycles. The quantitative estimate of drug-likeness (QED) is 0.552. The highest BCUT2D eigenvalue weighted by atomic mass is 32.2. The van der Waals surface area contributed by atoms with Crippen molar-refractivity contribution in [1.29, 1.82) is 0 Å². The maximum atomic E-state index is 11.6. The van der Waals surface area contributed by atoms with E-state index in [0.29, 0.717) is 24.3 Å². The fraction of sp³-hybridized carbons (Fsp3) is 0.833. The Morgan fingerprint density at radius 1 is 1.59 bits per heavy atom. The molecule has 0 aliphatic carbocycles. The van der Waals surface area contributed by atoms with Crippen molar-refractivity contribution in [2.75, 3.05) is 12.4 Å². The van der Waals surface area contributed by atoms with Crippen molar-refractivity contribution >= 4 is 23.6 Å². The van der Waals surface area contributed by atoms with Crippen LogP contribution in [0.1, 0.15) is 33.1 Å². The summed E-state index contributed by atoms with van der Waals surface area (Å²) in [5.41, 5.74) is 0. The van der Waals surface area contributed by atoms with E-state index in [2.05, 4.69) is 6.92 Å². The predicted octanol–water partition coefficient (Wildman–Crippen LogP) is 1.43. The first-order valence-corrected chi connectivity index (χ1v) is 7.24. The Hall–Kier alpha value is -0.710. The largest absolute Gasteiger partial charge is 0.466 e. The van der Waals surface area contributed by atoms with Gasteiger partial charge < -0.3 is 9.64 Å². The summed E-state index contributed by atoms with van der Waals surface area (Å²) in [7, 11) is 0. The molecule has 0 aromatic carbocycles. The molecule has 0 saturated carbocycles. The third kappa shape index (κ3) is 2.59. The highest BCUT2D eigenvalue weighted by Crippen LogP contribution is 2.41. The summed E-state index contributed by atoms with van der Waals surface area (Å²) in [6, 6.07) is 0.722.